The van der Waals surface area contributed by atoms with E-state index < -0.39 is 0 Å². The third kappa shape index (κ3) is 1.20. The van der Waals surface area contributed by atoms with Crippen molar-refractivity contribution in [3.05, 3.63) is 0 Å². The van der Waals surface area contributed by atoms with Crippen LogP contribution in [0, 0.1) is 28.6 Å². The Morgan fingerprint density at radius 1 is 1.20 bits per heavy atom. The quantitative estimate of drug-likeness (QED) is 0.631. The molecular formula is C15H26. The highest BCUT2D eigenvalue weighted by Crippen LogP contribution is 2.79. The Hall–Kier alpha value is 0. The molecule has 3 fully saturated rings. The molecule has 0 aromatic heterocycles. The van der Waals surface area contributed by atoms with Crippen LogP contribution >= 0.6 is 0 Å². The molecule has 0 bridgehead atoms. The van der Waals surface area contributed by atoms with Gasteiger partial charge < -0.3 is 0 Å². The molecule has 0 aliphatic heterocycles. The van der Waals surface area contributed by atoms with Crippen LogP contribution in [0.25, 0.3) is 0 Å². The molecule has 4 unspecified atom stereocenters. The molecule has 0 N–H and O–H groups in total. The maximum Gasteiger partial charge on any atom is -0.0210 e. The van der Waals surface area contributed by atoms with Crippen LogP contribution in [0.3, 0.4) is 0 Å². The van der Waals surface area contributed by atoms with E-state index in [4.69, 9.17) is 0 Å². The highest BCUT2D eigenvalue weighted by atomic mass is 14.8. The van der Waals surface area contributed by atoms with Gasteiger partial charge >= 0.3 is 0 Å². The second-order valence-electron chi connectivity index (χ2n) is 6.85. The normalized spacial score (nSPS) is 48.2. The molecule has 0 nitrogen and oxygen atoms in total. The number of hydrogen-bond donors (Lipinski definition) is 0. The number of rotatable bonds is 3. The van der Waals surface area contributed by atoms with Crippen LogP contribution in [0.1, 0.15) is 65.7 Å². The maximum atomic E-state index is 2.52. The summed E-state index contributed by atoms with van der Waals surface area (Å²) in [4.78, 5) is 0. The van der Waals surface area contributed by atoms with Crippen LogP contribution in [0.4, 0.5) is 0 Å². The molecule has 86 valence electrons. The summed E-state index contributed by atoms with van der Waals surface area (Å²) < 4.78 is 0. The second kappa shape index (κ2) is 3.02. The third-order valence-electron chi connectivity index (χ3n) is 6.38. The average molecular weight is 206 g/mol. The first-order valence-electron chi connectivity index (χ1n) is 7.16. The van der Waals surface area contributed by atoms with Gasteiger partial charge in [-0.25, -0.2) is 0 Å². The molecular weight excluding hydrogens is 180 g/mol. The molecule has 0 heterocycles. The predicted octanol–water partition coefficient (Wildman–Crippen LogP) is 4.64. The lowest BCUT2D eigenvalue weighted by molar-refractivity contribution is 0.219. The van der Waals surface area contributed by atoms with Crippen molar-refractivity contribution >= 4 is 0 Å². The molecule has 3 aliphatic carbocycles. The van der Waals surface area contributed by atoms with Gasteiger partial charge in [0, 0.05) is 0 Å². The summed E-state index contributed by atoms with van der Waals surface area (Å²) in [5.74, 6) is 3.16. The van der Waals surface area contributed by atoms with Gasteiger partial charge in [0.2, 0.25) is 0 Å². The summed E-state index contributed by atoms with van der Waals surface area (Å²) in [5.41, 5.74) is 1.67. The minimum atomic E-state index is 0.805. The van der Waals surface area contributed by atoms with Crippen LogP contribution in [0.5, 0.6) is 0 Å². The fourth-order valence-corrected chi connectivity index (χ4v) is 5.11. The molecule has 3 rings (SSSR count). The summed E-state index contributed by atoms with van der Waals surface area (Å²) in [7, 11) is 0. The van der Waals surface area contributed by atoms with Crippen molar-refractivity contribution < 1.29 is 0 Å². The van der Waals surface area contributed by atoms with E-state index in [0.29, 0.717) is 0 Å². The van der Waals surface area contributed by atoms with Gasteiger partial charge in [-0.05, 0) is 54.3 Å². The molecule has 0 saturated heterocycles. The lowest BCUT2D eigenvalue weighted by Crippen LogP contribution is -2.20. The van der Waals surface area contributed by atoms with E-state index in [9.17, 15) is 0 Å². The first-order valence-corrected chi connectivity index (χ1v) is 7.16. The Morgan fingerprint density at radius 2 is 1.80 bits per heavy atom. The zero-order chi connectivity index (χ0) is 10.7. The molecule has 0 radical (unpaired) electrons. The minimum absolute atomic E-state index is 0.805. The summed E-state index contributed by atoms with van der Waals surface area (Å²) >= 11 is 0. The van der Waals surface area contributed by atoms with Gasteiger partial charge in [0.05, 0.1) is 0 Å². The summed E-state index contributed by atoms with van der Waals surface area (Å²) in [6.07, 6.45) is 10.8. The van der Waals surface area contributed by atoms with Crippen molar-refractivity contribution in [2.24, 2.45) is 28.6 Å². The largest absolute Gasteiger partial charge is 0.0651 e. The van der Waals surface area contributed by atoms with Gasteiger partial charge in [-0.3, -0.25) is 0 Å². The van der Waals surface area contributed by atoms with Crippen molar-refractivity contribution in [3.8, 4) is 0 Å². The zero-order valence-electron chi connectivity index (χ0n) is 10.7. The molecule has 3 saturated carbocycles. The molecule has 0 amide bonds. The van der Waals surface area contributed by atoms with E-state index >= 15 is 0 Å². The van der Waals surface area contributed by atoms with E-state index in [1.807, 2.05) is 0 Å². The summed E-state index contributed by atoms with van der Waals surface area (Å²) in [5, 5.41) is 0. The van der Waals surface area contributed by atoms with E-state index in [-0.39, 0.29) is 0 Å². The third-order valence-corrected chi connectivity index (χ3v) is 6.38. The Morgan fingerprint density at radius 3 is 2.27 bits per heavy atom. The lowest BCUT2D eigenvalue weighted by atomic mass is 9.78. The Labute approximate surface area is 94.8 Å². The predicted molar refractivity (Wildman–Crippen MR) is 64.7 cm³/mol. The topological polar surface area (TPSA) is 0 Å². The molecule has 0 heteroatoms. The molecule has 0 aromatic rings. The molecule has 3 aliphatic rings. The molecule has 0 aromatic carbocycles. The van der Waals surface area contributed by atoms with Crippen LogP contribution < -0.4 is 0 Å². The van der Waals surface area contributed by atoms with E-state index in [1.54, 1.807) is 25.7 Å². The smallest absolute Gasteiger partial charge is 0.0210 e. The molecule has 1 spiro atoms. The summed E-state index contributed by atoms with van der Waals surface area (Å²) in [6.45, 7) is 7.42. The van der Waals surface area contributed by atoms with Gasteiger partial charge in [0.25, 0.3) is 0 Å². The van der Waals surface area contributed by atoms with Crippen molar-refractivity contribution in [3.63, 3.8) is 0 Å². The van der Waals surface area contributed by atoms with Crippen LogP contribution in [0.15, 0.2) is 0 Å². The monoisotopic (exact) mass is 206 g/mol. The SMILES string of the molecule is CCC(C)C1(C2CC23CCCC3)CC1C. The molecule has 4 atom stereocenters. The van der Waals surface area contributed by atoms with Crippen LogP contribution in [-0.4, -0.2) is 0 Å². The zero-order valence-corrected chi connectivity index (χ0v) is 10.7. The fourth-order valence-electron chi connectivity index (χ4n) is 5.11. The van der Waals surface area contributed by atoms with Crippen LogP contribution in [0.2, 0.25) is 0 Å². The maximum absolute atomic E-state index is 2.52. The standard InChI is InChI=1S/C15H26/c1-4-11(2)15(9-12(15)3)13-10-14(13)7-5-6-8-14/h11-13H,4-10H2,1-3H3. The highest BCUT2D eigenvalue weighted by molar-refractivity contribution is 5.20. The number of hydrogen-bond acceptors (Lipinski definition) is 0. The van der Waals surface area contributed by atoms with Gasteiger partial charge in [-0.1, -0.05) is 40.0 Å². The van der Waals surface area contributed by atoms with Gasteiger partial charge in [-0.2, -0.15) is 0 Å². The lowest BCUT2D eigenvalue weighted by Gasteiger charge is -2.26. The van der Waals surface area contributed by atoms with E-state index in [2.05, 4.69) is 20.8 Å². The van der Waals surface area contributed by atoms with E-state index in [0.717, 1.165) is 28.6 Å². The Balaban J connectivity index is 1.77. The second-order valence-corrected chi connectivity index (χ2v) is 6.85. The Bertz CT molecular complexity index is 261. The van der Waals surface area contributed by atoms with Gasteiger partial charge in [0.15, 0.2) is 0 Å². The summed E-state index contributed by atoms with van der Waals surface area (Å²) in [6, 6.07) is 0. The first-order chi connectivity index (χ1) is 7.16. The van der Waals surface area contributed by atoms with Gasteiger partial charge in [-0.15, -0.1) is 0 Å². The van der Waals surface area contributed by atoms with E-state index in [1.165, 1.54) is 19.3 Å². The fraction of sp³-hybridized carbons (Fsp3) is 1.00. The minimum Gasteiger partial charge on any atom is -0.0651 e. The Kier molecular flexibility index (Phi) is 2.05. The highest BCUT2D eigenvalue weighted by Gasteiger charge is 2.71. The average Bonchev–Trinajstić information content (AvgIpc) is 3.01. The van der Waals surface area contributed by atoms with Gasteiger partial charge in [0.1, 0.15) is 0 Å². The first kappa shape index (κ1) is 10.2. The van der Waals surface area contributed by atoms with Crippen LogP contribution in [-0.2, 0) is 0 Å². The van der Waals surface area contributed by atoms with Crippen molar-refractivity contribution in [2.45, 2.75) is 65.7 Å². The van der Waals surface area contributed by atoms with Crippen molar-refractivity contribution in [1.82, 2.24) is 0 Å². The van der Waals surface area contributed by atoms with Crippen molar-refractivity contribution in [2.75, 3.05) is 0 Å². The van der Waals surface area contributed by atoms with Crippen molar-refractivity contribution in [1.29, 1.82) is 0 Å². The molecule has 15 heavy (non-hydrogen) atoms.